The molecule has 0 atom stereocenters. The van der Waals surface area contributed by atoms with Gasteiger partial charge in [0, 0.05) is 5.57 Å². The van der Waals surface area contributed by atoms with Crippen LogP contribution in [0.4, 0.5) is 0 Å². The smallest absolute Gasteiger partial charge is 0.333 e. The Hall–Kier alpha value is -1.09. The second-order valence-corrected chi connectivity index (χ2v) is 1.64. The van der Waals surface area contributed by atoms with Crippen molar-refractivity contribution in [2.75, 3.05) is 13.2 Å². The number of rotatable bonds is 3. The van der Waals surface area contributed by atoms with Crippen molar-refractivity contribution in [1.29, 1.82) is 0 Å². The summed E-state index contributed by atoms with van der Waals surface area (Å²) in [4.78, 5) is 10.5. The number of carbonyl (C=O) groups excluding carboxylic acids is 1. The minimum absolute atomic E-state index is 0.0473. The van der Waals surface area contributed by atoms with Gasteiger partial charge in [-0.3, -0.25) is 0 Å². The number of aliphatic hydroxyl groups is 1. The van der Waals surface area contributed by atoms with Crippen LogP contribution in [0, 0.1) is 0 Å². The third-order valence-corrected chi connectivity index (χ3v) is 0.673. The normalized spacial score (nSPS) is 7.45. The molecular weight excluding hydrogens is 144 g/mol. The van der Waals surface area contributed by atoms with Crippen molar-refractivity contribution >= 4 is 5.97 Å². The second-order valence-electron chi connectivity index (χ2n) is 1.64. The maximum Gasteiger partial charge on any atom is 0.333 e. The van der Waals surface area contributed by atoms with Crippen molar-refractivity contribution < 1.29 is 14.6 Å². The summed E-state index contributed by atoms with van der Waals surface area (Å²) in [7, 11) is 0. The van der Waals surface area contributed by atoms with Crippen LogP contribution in [0.2, 0.25) is 0 Å². The van der Waals surface area contributed by atoms with Crippen LogP contribution >= 0.6 is 0 Å². The highest BCUT2D eigenvalue weighted by Gasteiger charge is 1.99. The zero-order chi connectivity index (χ0) is 9.28. The lowest BCUT2D eigenvalue weighted by atomic mass is 10.4. The van der Waals surface area contributed by atoms with E-state index in [-0.39, 0.29) is 13.2 Å². The molecule has 0 spiro atoms. The van der Waals surface area contributed by atoms with E-state index in [1.165, 1.54) is 0 Å². The minimum Gasteiger partial charge on any atom is -0.460 e. The van der Waals surface area contributed by atoms with Crippen molar-refractivity contribution in [1.82, 2.24) is 0 Å². The van der Waals surface area contributed by atoms with Crippen molar-refractivity contribution in [2.24, 2.45) is 0 Å². The number of carbonyl (C=O) groups is 1. The molecule has 0 heterocycles. The van der Waals surface area contributed by atoms with Gasteiger partial charge >= 0.3 is 5.97 Å². The molecule has 0 aliphatic carbocycles. The quantitative estimate of drug-likeness (QED) is 0.377. The molecule has 0 aromatic carbocycles. The summed E-state index contributed by atoms with van der Waals surface area (Å²) in [5.41, 5.74) is 0.350. The number of esters is 1. The van der Waals surface area contributed by atoms with Gasteiger partial charge < -0.3 is 9.84 Å². The highest BCUT2D eigenvalue weighted by molar-refractivity contribution is 5.86. The average Bonchev–Trinajstić information content (AvgIpc) is 2.03. The topological polar surface area (TPSA) is 46.5 Å². The standard InChI is InChI=1S/C6H10O3.C2H4/c1-5(2)6(8)9-4-3-7;1-2/h7H,1,3-4H2,2H3;1-2H2. The van der Waals surface area contributed by atoms with Gasteiger partial charge in [-0.25, -0.2) is 4.79 Å². The number of hydrogen-bond donors (Lipinski definition) is 1. The van der Waals surface area contributed by atoms with Gasteiger partial charge in [-0.05, 0) is 6.92 Å². The van der Waals surface area contributed by atoms with E-state index in [9.17, 15) is 4.79 Å². The van der Waals surface area contributed by atoms with Gasteiger partial charge in [0.2, 0.25) is 0 Å². The van der Waals surface area contributed by atoms with Gasteiger partial charge in [0.1, 0.15) is 6.61 Å². The molecule has 11 heavy (non-hydrogen) atoms. The number of aliphatic hydroxyl groups excluding tert-OH is 1. The van der Waals surface area contributed by atoms with Crippen LogP contribution in [0.3, 0.4) is 0 Å². The maximum atomic E-state index is 10.5. The van der Waals surface area contributed by atoms with E-state index in [4.69, 9.17) is 5.11 Å². The zero-order valence-corrected chi connectivity index (χ0v) is 6.80. The molecule has 0 saturated carbocycles. The van der Waals surface area contributed by atoms with Crippen LogP contribution < -0.4 is 0 Å². The Morgan fingerprint density at radius 2 is 2.00 bits per heavy atom. The van der Waals surface area contributed by atoms with Crippen LogP contribution in [0.1, 0.15) is 6.92 Å². The first-order chi connectivity index (χ1) is 5.18. The molecule has 1 N–H and O–H groups in total. The third kappa shape index (κ3) is 8.91. The van der Waals surface area contributed by atoms with E-state index in [1.54, 1.807) is 6.92 Å². The van der Waals surface area contributed by atoms with Gasteiger partial charge in [0.15, 0.2) is 0 Å². The Labute approximate surface area is 67.0 Å². The van der Waals surface area contributed by atoms with Gasteiger partial charge in [0.25, 0.3) is 0 Å². The molecule has 0 aliphatic rings. The van der Waals surface area contributed by atoms with Gasteiger partial charge in [0.05, 0.1) is 6.61 Å². The SMILES string of the molecule is C=C.C=C(C)C(=O)OCCO. The van der Waals surface area contributed by atoms with Crippen LogP contribution in [-0.4, -0.2) is 24.3 Å². The minimum atomic E-state index is -0.455. The molecule has 0 aromatic rings. The summed E-state index contributed by atoms with van der Waals surface area (Å²) < 4.78 is 4.46. The Kier molecular flexibility index (Phi) is 10.2. The number of hydrogen-bond acceptors (Lipinski definition) is 3. The van der Waals surface area contributed by atoms with Crippen LogP contribution in [0.25, 0.3) is 0 Å². The van der Waals surface area contributed by atoms with E-state index < -0.39 is 5.97 Å². The number of ether oxygens (including phenoxy) is 1. The molecule has 0 aromatic heterocycles. The highest BCUT2D eigenvalue weighted by atomic mass is 16.5. The maximum absolute atomic E-state index is 10.5. The molecule has 0 rings (SSSR count). The van der Waals surface area contributed by atoms with E-state index >= 15 is 0 Å². The van der Waals surface area contributed by atoms with Crippen LogP contribution in [0.5, 0.6) is 0 Å². The lowest BCUT2D eigenvalue weighted by Crippen LogP contribution is -2.08. The van der Waals surface area contributed by atoms with Crippen molar-refractivity contribution in [3.05, 3.63) is 25.3 Å². The van der Waals surface area contributed by atoms with Crippen molar-refractivity contribution in [2.45, 2.75) is 6.92 Å². The van der Waals surface area contributed by atoms with Gasteiger partial charge in [-0.15, -0.1) is 13.2 Å². The van der Waals surface area contributed by atoms with Crippen LogP contribution in [-0.2, 0) is 9.53 Å². The Morgan fingerprint density at radius 1 is 1.55 bits per heavy atom. The fraction of sp³-hybridized carbons (Fsp3) is 0.375. The molecule has 0 amide bonds. The Morgan fingerprint density at radius 3 is 2.27 bits per heavy atom. The summed E-state index contributed by atoms with van der Waals surface area (Å²) in [6, 6.07) is 0. The molecule has 0 aliphatic heterocycles. The average molecular weight is 158 g/mol. The Bertz CT molecular complexity index is 129. The largest absolute Gasteiger partial charge is 0.460 e. The van der Waals surface area contributed by atoms with E-state index in [0.717, 1.165) is 0 Å². The summed E-state index contributed by atoms with van der Waals surface area (Å²) in [6.45, 7) is 10.8. The van der Waals surface area contributed by atoms with E-state index in [0.29, 0.717) is 5.57 Å². The second kappa shape index (κ2) is 8.91. The zero-order valence-electron chi connectivity index (χ0n) is 6.80. The van der Waals surface area contributed by atoms with Crippen molar-refractivity contribution in [3.8, 4) is 0 Å². The monoisotopic (exact) mass is 158 g/mol. The highest BCUT2D eigenvalue weighted by Crippen LogP contribution is 1.89. The predicted molar refractivity (Wildman–Crippen MR) is 44.1 cm³/mol. The molecule has 0 unspecified atom stereocenters. The molecular formula is C8H14O3. The first-order valence-electron chi connectivity index (χ1n) is 3.12. The summed E-state index contributed by atoms with van der Waals surface area (Å²) in [5.74, 6) is -0.455. The fourth-order valence-electron chi connectivity index (χ4n) is 0.262. The van der Waals surface area contributed by atoms with Gasteiger partial charge in [-0.1, -0.05) is 6.58 Å². The van der Waals surface area contributed by atoms with Gasteiger partial charge in [-0.2, -0.15) is 0 Å². The van der Waals surface area contributed by atoms with E-state index in [1.807, 2.05) is 0 Å². The molecule has 64 valence electrons. The fourth-order valence-corrected chi connectivity index (χ4v) is 0.262. The summed E-state index contributed by atoms with van der Waals surface area (Å²) >= 11 is 0. The molecule has 3 heteroatoms. The lowest BCUT2D eigenvalue weighted by molar-refractivity contribution is -0.139. The predicted octanol–water partition coefficient (Wildman–Crippen LogP) is 0.900. The first-order valence-corrected chi connectivity index (χ1v) is 3.12. The first kappa shape index (κ1) is 12.6. The summed E-state index contributed by atoms with van der Waals surface area (Å²) in [6.07, 6.45) is 0. The Balaban J connectivity index is 0. The van der Waals surface area contributed by atoms with Crippen LogP contribution in [0.15, 0.2) is 25.3 Å². The molecule has 0 saturated heterocycles. The molecule has 0 radical (unpaired) electrons. The molecule has 0 fully saturated rings. The summed E-state index contributed by atoms with van der Waals surface area (Å²) in [5, 5.41) is 8.19. The third-order valence-electron chi connectivity index (χ3n) is 0.673. The molecule has 0 bridgehead atoms. The van der Waals surface area contributed by atoms with E-state index in [2.05, 4.69) is 24.5 Å². The van der Waals surface area contributed by atoms with Crippen molar-refractivity contribution in [3.63, 3.8) is 0 Å². The lowest BCUT2D eigenvalue weighted by Gasteiger charge is -1.99. The molecule has 3 nitrogen and oxygen atoms in total.